The number of methoxy groups -OCH3 is 1. The molecular formula is C25H32O7. The molecule has 174 valence electrons. The molecule has 0 amide bonds. The molecule has 2 unspecified atom stereocenters. The molecule has 0 aromatic carbocycles. The van der Waals surface area contributed by atoms with Crippen LogP contribution in [0.1, 0.15) is 53.4 Å². The molecule has 1 saturated heterocycles. The van der Waals surface area contributed by atoms with Crippen LogP contribution in [0.5, 0.6) is 0 Å². The van der Waals surface area contributed by atoms with Crippen LogP contribution in [-0.2, 0) is 33.3 Å². The van der Waals surface area contributed by atoms with Crippen molar-refractivity contribution in [1.29, 1.82) is 0 Å². The normalized spacial score (nSPS) is 32.9. The zero-order chi connectivity index (χ0) is 23.6. The first kappa shape index (κ1) is 24.0. The summed E-state index contributed by atoms with van der Waals surface area (Å²) < 4.78 is 22.8. The molecule has 0 aliphatic carbocycles. The van der Waals surface area contributed by atoms with E-state index in [4.69, 9.17) is 18.9 Å². The monoisotopic (exact) mass is 444 g/mol. The Morgan fingerprint density at radius 2 is 2.00 bits per heavy atom. The number of allylic oxidation sites excluding steroid dienone is 2. The fraction of sp³-hybridized carbons (Fsp3) is 0.560. The summed E-state index contributed by atoms with van der Waals surface area (Å²) in [7, 11) is 1.26. The lowest BCUT2D eigenvalue weighted by Gasteiger charge is -2.34. The summed E-state index contributed by atoms with van der Waals surface area (Å²) in [6.07, 6.45) is 2.62. The Bertz CT molecular complexity index is 907. The first-order valence-corrected chi connectivity index (χ1v) is 11.1. The summed E-state index contributed by atoms with van der Waals surface area (Å²) >= 11 is 0. The molecule has 0 N–H and O–H groups in total. The first-order chi connectivity index (χ1) is 15.1. The lowest BCUT2D eigenvalue weighted by molar-refractivity contribution is -0.142. The minimum absolute atomic E-state index is 0.0434. The van der Waals surface area contributed by atoms with Crippen LogP contribution in [0.2, 0.25) is 0 Å². The number of carbonyl (C=O) groups is 3. The van der Waals surface area contributed by atoms with Gasteiger partial charge in [-0.15, -0.1) is 0 Å². The Morgan fingerprint density at radius 1 is 1.28 bits per heavy atom. The van der Waals surface area contributed by atoms with Gasteiger partial charge in [0.1, 0.15) is 23.5 Å². The van der Waals surface area contributed by atoms with Crippen molar-refractivity contribution < 1.29 is 33.3 Å². The molecule has 0 spiro atoms. The third kappa shape index (κ3) is 5.04. The number of ketones is 1. The molecule has 32 heavy (non-hydrogen) atoms. The van der Waals surface area contributed by atoms with E-state index in [-0.39, 0.29) is 23.4 Å². The highest BCUT2D eigenvalue weighted by Crippen LogP contribution is 2.39. The van der Waals surface area contributed by atoms with Gasteiger partial charge in [-0.05, 0) is 51.7 Å². The second-order valence-electron chi connectivity index (χ2n) is 8.82. The van der Waals surface area contributed by atoms with Crippen LogP contribution in [-0.4, -0.2) is 49.2 Å². The molecule has 0 aromatic heterocycles. The standard InChI is InChI=1S/C25H32O7/c1-7-15(5)30-23-19(26)9-14(4)8-17-12-18(24(27)31-17)20-10-16(13(2)3)11-21(32-20)22(23)25(28)29-6/h9,12,15-17,20,23H,2,7-8,10-11H2,1,3-6H3/b14-9+,22-21+/t15?,16-,17-,20+,23?/m1/s1. The van der Waals surface area contributed by atoms with Crippen molar-refractivity contribution in [2.24, 2.45) is 5.92 Å². The van der Waals surface area contributed by atoms with E-state index >= 15 is 0 Å². The number of ether oxygens (including phenoxy) is 4. The second-order valence-corrected chi connectivity index (χ2v) is 8.82. The third-order valence-corrected chi connectivity index (χ3v) is 6.20. The quantitative estimate of drug-likeness (QED) is 0.471. The number of hydrogen-bond donors (Lipinski definition) is 0. The van der Waals surface area contributed by atoms with Crippen molar-refractivity contribution in [2.45, 2.75) is 77.8 Å². The highest BCUT2D eigenvalue weighted by Gasteiger charge is 2.42. The molecular weight excluding hydrogens is 412 g/mol. The van der Waals surface area contributed by atoms with E-state index < -0.39 is 30.3 Å². The predicted octanol–water partition coefficient (Wildman–Crippen LogP) is 3.74. The van der Waals surface area contributed by atoms with Crippen molar-refractivity contribution in [2.75, 3.05) is 7.11 Å². The topological polar surface area (TPSA) is 88.1 Å². The number of rotatable bonds is 5. The molecule has 0 saturated carbocycles. The average Bonchev–Trinajstić information content (AvgIpc) is 3.11. The molecule has 3 aliphatic rings. The van der Waals surface area contributed by atoms with Gasteiger partial charge in [-0.3, -0.25) is 4.79 Å². The lowest BCUT2D eigenvalue weighted by Crippen LogP contribution is -2.37. The summed E-state index contributed by atoms with van der Waals surface area (Å²) in [4.78, 5) is 38.9. The van der Waals surface area contributed by atoms with Crippen molar-refractivity contribution in [3.05, 3.63) is 46.8 Å². The third-order valence-electron chi connectivity index (χ3n) is 6.20. The van der Waals surface area contributed by atoms with E-state index in [1.807, 2.05) is 20.8 Å². The fourth-order valence-electron chi connectivity index (χ4n) is 4.20. The van der Waals surface area contributed by atoms with Gasteiger partial charge in [0.25, 0.3) is 0 Å². The Hall–Kier alpha value is -2.67. The van der Waals surface area contributed by atoms with Crippen LogP contribution in [0.15, 0.2) is 46.8 Å². The summed E-state index contributed by atoms with van der Waals surface area (Å²) in [6.45, 7) is 11.6. The Morgan fingerprint density at radius 3 is 2.62 bits per heavy atom. The van der Waals surface area contributed by atoms with Gasteiger partial charge in [0.15, 0.2) is 11.9 Å². The predicted molar refractivity (Wildman–Crippen MR) is 117 cm³/mol. The smallest absolute Gasteiger partial charge is 0.340 e. The van der Waals surface area contributed by atoms with Crippen LogP contribution in [0, 0.1) is 5.92 Å². The highest BCUT2D eigenvalue weighted by molar-refractivity contribution is 6.04. The summed E-state index contributed by atoms with van der Waals surface area (Å²) in [5, 5.41) is 0. The molecule has 0 radical (unpaired) electrons. The van der Waals surface area contributed by atoms with Gasteiger partial charge in [-0.25, -0.2) is 9.59 Å². The molecule has 3 rings (SSSR count). The maximum absolute atomic E-state index is 13.3. The Labute approximate surface area is 189 Å². The molecule has 0 aromatic rings. The van der Waals surface area contributed by atoms with Crippen LogP contribution >= 0.6 is 0 Å². The summed E-state index contributed by atoms with van der Waals surface area (Å²) in [5.41, 5.74) is 2.10. The van der Waals surface area contributed by atoms with Gasteiger partial charge in [0, 0.05) is 12.8 Å². The van der Waals surface area contributed by atoms with Crippen molar-refractivity contribution in [3.8, 4) is 0 Å². The second kappa shape index (κ2) is 9.86. The van der Waals surface area contributed by atoms with E-state index in [0.29, 0.717) is 37.0 Å². The maximum atomic E-state index is 13.3. The minimum atomic E-state index is -1.17. The number of esters is 2. The molecule has 3 heterocycles. The van der Waals surface area contributed by atoms with Crippen molar-refractivity contribution in [3.63, 3.8) is 0 Å². The average molecular weight is 445 g/mol. The molecule has 3 aliphatic heterocycles. The van der Waals surface area contributed by atoms with Gasteiger partial charge >= 0.3 is 11.9 Å². The molecule has 7 nitrogen and oxygen atoms in total. The van der Waals surface area contributed by atoms with E-state index in [1.165, 1.54) is 13.2 Å². The van der Waals surface area contributed by atoms with Crippen LogP contribution in [0.25, 0.3) is 0 Å². The largest absolute Gasteiger partial charge is 0.489 e. The molecule has 1 fully saturated rings. The van der Waals surface area contributed by atoms with E-state index in [1.54, 1.807) is 13.0 Å². The van der Waals surface area contributed by atoms with Gasteiger partial charge in [0.05, 0.1) is 18.8 Å². The van der Waals surface area contributed by atoms with E-state index in [9.17, 15) is 14.4 Å². The Kier molecular flexibility index (Phi) is 7.39. The molecule has 4 bridgehead atoms. The van der Waals surface area contributed by atoms with Crippen molar-refractivity contribution in [1.82, 2.24) is 0 Å². The highest BCUT2D eigenvalue weighted by atomic mass is 16.6. The Balaban J connectivity index is 2.22. The number of hydrogen-bond acceptors (Lipinski definition) is 7. The summed E-state index contributed by atoms with van der Waals surface area (Å²) in [6, 6.07) is 0. The van der Waals surface area contributed by atoms with Crippen molar-refractivity contribution >= 4 is 17.7 Å². The minimum Gasteiger partial charge on any atom is -0.489 e. The maximum Gasteiger partial charge on any atom is 0.340 e. The zero-order valence-electron chi connectivity index (χ0n) is 19.4. The summed E-state index contributed by atoms with van der Waals surface area (Å²) in [5.74, 6) is -1.25. The number of carbonyl (C=O) groups excluding carboxylic acids is 3. The van der Waals surface area contributed by atoms with E-state index in [0.717, 1.165) is 11.1 Å². The fourth-order valence-corrected chi connectivity index (χ4v) is 4.20. The van der Waals surface area contributed by atoms with Gasteiger partial charge in [0.2, 0.25) is 0 Å². The molecule has 7 heteroatoms. The van der Waals surface area contributed by atoms with Crippen LogP contribution < -0.4 is 0 Å². The first-order valence-electron chi connectivity index (χ1n) is 11.1. The van der Waals surface area contributed by atoms with Crippen LogP contribution in [0.4, 0.5) is 0 Å². The van der Waals surface area contributed by atoms with Crippen LogP contribution in [0.3, 0.4) is 0 Å². The van der Waals surface area contributed by atoms with Gasteiger partial charge in [-0.2, -0.15) is 0 Å². The molecule has 5 atom stereocenters. The zero-order valence-corrected chi connectivity index (χ0v) is 19.4. The van der Waals surface area contributed by atoms with E-state index in [2.05, 4.69) is 6.58 Å². The van der Waals surface area contributed by atoms with Gasteiger partial charge in [-0.1, -0.05) is 24.6 Å². The lowest BCUT2D eigenvalue weighted by atomic mass is 9.84. The SMILES string of the molecule is C=C(C)[C@H]1C/C2=C(\C(=O)OC)C(OC(C)CC)C(=O)/C=C(\C)C[C@@H]3C=C(C(=O)O3)[C@H](C1)O2. The van der Waals surface area contributed by atoms with Gasteiger partial charge < -0.3 is 18.9 Å². The number of fused-ring (bicyclic) bond motifs is 4.